The van der Waals surface area contributed by atoms with Gasteiger partial charge in [0.2, 0.25) is 5.91 Å². The predicted molar refractivity (Wildman–Crippen MR) is 64.6 cm³/mol. The van der Waals surface area contributed by atoms with Crippen LogP contribution in [0.15, 0.2) is 5.16 Å². The predicted octanol–water partition coefficient (Wildman–Crippen LogP) is 1.07. The molecule has 1 atom stereocenters. The highest BCUT2D eigenvalue weighted by molar-refractivity contribution is 6.07. The summed E-state index contributed by atoms with van der Waals surface area (Å²) in [4.78, 5) is 12.1. The van der Waals surface area contributed by atoms with E-state index in [2.05, 4.69) is 17.4 Å². The summed E-state index contributed by atoms with van der Waals surface area (Å²) in [6.45, 7) is 2.86. The zero-order chi connectivity index (χ0) is 12.5. The molecular weight excluding hydrogens is 218 g/mol. The Morgan fingerprint density at radius 1 is 1.59 bits per heavy atom. The van der Waals surface area contributed by atoms with E-state index in [0.717, 1.165) is 12.3 Å². The molecule has 0 aromatic heterocycles. The molecule has 4 N–H and O–H groups in total. The minimum Gasteiger partial charge on any atom is -0.409 e. The number of rotatable bonds is 5. The lowest BCUT2D eigenvalue weighted by molar-refractivity contribution is -0.131. The zero-order valence-corrected chi connectivity index (χ0v) is 10.3. The Bertz CT molecular complexity index is 333. The molecule has 1 unspecified atom stereocenters. The molecule has 0 heterocycles. The van der Waals surface area contributed by atoms with Crippen LogP contribution in [0.4, 0.5) is 0 Å². The average molecular weight is 239 g/mol. The Hall–Kier alpha value is -1.26. The lowest BCUT2D eigenvalue weighted by Gasteiger charge is -2.38. The molecule has 2 rings (SSSR count). The van der Waals surface area contributed by atoms with Gasteiger partial charge < -0.3 is 16.3 Å². The first-order valence-electron chi connectivity index (χ1n) is 6.36. The van der Waals surface area contributed by atoms with Crippen molar-refractivity contribution in [3.8, 4) is 0 Å². The number of carbonyl (C=O) groups excluding carboxylic acids is 1. The highest BCUT2D eigenvalue weighted by Gasteiger charge is 2.48. The van der Waals surface area contributed by atoms with Crippen molar-refractivity contribution in [1.82, 2.24) is 5.32 Å². The van der Waals surface area contributed by atoms with E-state index in [1.165, 1.54) is 12.8 Å². The lowest BCUT2D eigenvalue weighted by atomic mass is 9.67. The van der Waals surface area contributed by atoms with Crippen molar-refractivity contribution in [3.05, 3.63) is 0 Å². The summed E-state index contributed by atoms with van der Waals surface area (Å²) in [6, 6.07) is 0. The van der Waals surface area contributed by atoms with Gasteiger partial charge in [-0.2, -0.15) is 0 Å². The third-order valence-corrected chi connectivity index (χ3v) is 4.25. The van der Waals surface area contributed by atoms with Crippen LogP contribution in [0.2, 0.25) is 0 Å². The van der Waals surface area contributed by atoms with Gasteiger partial charge in [0, 0.05) is 6.54 Å². The second kappa shape index (κ2) is 4.55. The van der Waals surface area contributed by atoms with Crippen LogP contribution in [0.5, 0.6) is 0 Å². The largest absolute Gasteiger partial charge is 0.409 e. The van der Waals surface area contributed by atoms with Gasteiger partial charge in [-0.1, -0.05) is 18.5 Å². The summed E-state index contributed by atoms with van der Waals surface area (Å²) in [5.41, 5.74) is 4.89. The Labute approximate surface area is 101 Å². The van der Waals surface area contributed by atoms with Gasteiger partial charge in [0.15, 0.2) is 5.84 Å². The quantitative estimate of drug-likeness (QED) is 0.290. The summed E-state index contributed by atoms with van der Waals surface area (Å²) in [7, 11) is 0. The van der Waals surface area contributed by atoms with Crippen LogP contribution >= 0.6 is 0 Å². The molecule has 96 valence electrons. The first-order chi connectivity index (χ1) is 8.10. The van der Waals surface area contributed by atoms with E-state index in [1.807, 2.05) is 0 Å². The minimum absolute atomic E-state index is 0.0559. The van der Waals surface area contributed by atoms with Crippen LogP contribution in [0.25, 0.3) is 0 Å². The zero-order valence-electron chi connectivity index (χ0n) is 10.3. The van der Waals surface area contributed by atoms with E-state index in [0.29, 0.717) is 25.3 Å². The van der Waals surface area contributed by atoms with Crippen LogP contribution in [0.3, 0.4) is 0 Å². The van der Waals surface area contributed by atoms with E-state index >= 15 is 0 Å². The number of hydrogen-bond donors (Lipinski definition) is 3. The van der Waals surface area contributed by atoms with Crippen LogP contribution in [-0.2, 0) is 4.79 Å². The molecule has 0 aromatic carbocycles. The minimum atomic E-state index is -0.738. The van der Waals surface area contributed by atoms with Crippen molar-refractivity contribution in [2.45, 2.75) is 39.0 Å². The van der Waals surface area contributed by atoms with Crippen molar-refractivity contribution in [2.24, 2.45) is 28.1 Å². The smallest absolute Gasteiger partial charge is 0.233 e. The van der Waals surface area contributed by atoms with Gasteiger partial charge in [-0.05, 0) is 37.5 Å². The number of nitrogens with one attached hydrogen (secondary N) is 1. The average Bonchev–Trinajstić information content (AvgIpc) is 3.07. The molecule has 5 nitrogen and oxygen atoms in total. The summed E-state index contributed by atoms with van der Waals surface area (Å²) in [6.07, 6.45) is 4.89. The van der Waals surface area contributed by atoms with E-state index in [9.17, 15) is 4.79 Å². The molecule has 0 bridgehead atoms. The van der Waals surface area contributed by atoms with Gasteiger partial charge >= 0.3 is 0 Å². The SMILES string of the molecule is CC(CNC(=O)C1(C(N)=NO)CCC1)C1CC1. The Kier molecular flexibility index (Phi) is 3.26. The molecule has 0 aliphatic heterocycles. The van der Waals surface area contributed by atoms with E-state index in [4.69, 9.17) is 10.9 Å². The molecule has 0 spiro atoms. The van der Waals surface area contributed by atoms with Crippen molar-refractivity contribution in [2.75, 3.05) is 6.54 Å². The standard InChI is InChI=1S/C12H21N3O2/c1-8(9-3-4-9)7-14-11(16)12(5-2-6-12)10(13)15-17/h8-9,17H,2-7H2,1H3,(H2,13,15)(H,14,16). The number of nitrogens with two attached hydrogens (primary N) is 1. The van der Waals surface area contributed by atoms with Crippen LogP contribution in [0, 0.1) is 17.3 Å². The highest BCUT2D eigenvalue weighted by atomic mass is 16.4. The maximum absolute atomic E-state index is 12.1. The lowest BCUT2D eigenvalue weighted by Crippen LogP contribution is -2.54. The maximum Gasteiger partial charge on any atom is 0.233 e. The van der Waals surface area contributed by atoms with Crippen LogP contribution in [0.1, 0.15) is 39.0 Å². The van der Waals surface area contributed by atoms with Crippen molar-refractivity contribution in [3.63, 3.8) is 0 Å². The molecule has 2 aliphatic rings. The van der Waals surface area contributed by atoms with Gasteiger partial charge in [-0.15, -0.1) is 0 Å². The Balaban J connectivity index is 1.89. The summed E-state index contributed by atoms with van der Waals surface area (Å²) in [5.74, 6) is 1.28. The van der Waals surface area contributed by atoms with E-state index in [-0.39, 0.29) is 11.7 Å². The van der Waals surface area contributed by atoms with Gasteiger partial charge in [-0.3, -0.25) is 4.79 Å². The van der Waals surface area contributed by atoms with Crippen molar-refractivity contribution in [1.29, 1.82) is 0 Å². The second-order valence-electron chi connectivity index (χ2n) is 5.45. The monoisotopic (exact) mass is 239 g/mol. The summed E-state index contributed by atoms with van der Waals surface area (Å²) < 4.78 is 0. The number of nitrogens with zero attached hydrogens (tertiary/aromatic N) is 1. The molecule has 2 saturated carbocycles. The number of oxime groups is 1. The fraction of sp³-hybridized carbons (Fsp3) is 0.833. The number of amides is 1. The van der Waals surface area contributed by atoms with Gasteiger partial charge in [0.05, 0.1) is 0 Å². The normalized spacial score (nSPS) is 24.9. The van der Waals surface area contributed by atoms with E-state index in [1.54, 1.807) is 0 Å². The van der Waals surface area contributed by atoms with Gasteiger partial charge in [-0.25, -0.2) is 0 Å². The third-order valence-electron chi connectivity index (χ3n) is 4.25. The molecule has 17 heavy (non-hydrogen) atoms. The highest BCUT2D eigenvalue weighted by Crippen LogP contribution is 2.41. The molecule has 0 aromatic rings. The topological polar surface area (TPSA) is 87.7 Å². The number of carbonyl (C=O) groups is 1. The second-order valence-corrected chi connectivity index (χ2v) is 5.45. The van der Waals surface area contributed by atoms with Gasteiger partial charge in [0.25, 0.3) is 0 Å². The maximum atomic E-state index is 12.1. The fourth-order valence-corrected chi connectivity index (χ4v) is 2.48. The summed E-state index contributed by atoms with van der Waals surface area (Å²) >= 11 is 0. The van der Waals surface area contributed by atoms with Crippen LogP contribution in [-0.4, -0.2) is 23.5 Å². The Morgan fingerprint density at radius 2 is 2.24 bits per heavy atom. The fourth-order valence-electron chi connectivity index (χ4n) is 2.48. The van der Waals surface area contributed by atoms with Gasteiger partial charge in [0.1, 0.15) is 5.41 Å². The van der Waals surface area contributed by atoms with E-state index < -0.39 is 5.41 Å². The first-order valence-corrected chi connectivity index (χ1v) is 6.36. The van der Waals surface area contributed by atoms with Crippen molar-refractivity contribution >= 4 is 11.7 Å². The third kappa shape index (κ3) is 2.23. The molecule has 2 fully saturated rings. The van der Waals surface area contributed by atoms with Crippen LogP contribution < -0.4 is 11.1 Å². The molecule has 0 saturated heterocycles. The Morgan fingerprint density at radius 3 is 2.65 bits per heavy atom. The molecule has 2 aliphatic carbocycles. The molecule has 5 heteroatoms. The molecule has 0 radical (unpaired) electrons. The molecule has 1 amide bonds. The number of amidine groups is 1. The van der Waals surface area contributed by atoms with Crippen molar-refractivity contribution < 1.29 is 10.0 Å². The summed E-state index contributed by atoms with van der Waals surface area (Å²) in [5, 5.41) is 14.7. The molecular formula is C12H21N3O2. The number of hydrogen-bond acceptors (Lipinski definition) is 3. The first kappa shape index (κ1) is 12.2.